The van der Waals surface area contributed by atoms with Crippen LogP contribution in [0.1, 0.15) is 15.9 Å². The van der Waals surface area contributed by atoms with Crippen molar-refractivity contribution in [3.05, 3.63) is 57.8 Å². The number of allylic oxidation sites excluding steroid dienone is 1. The fourth-order valence-corrected chi connectivity index (χ4v) is 2.53. The molecule has 0 aromatic heterocycles. The van der Waals surface area contributed by atoms with Crippen LogP contribution in [-0.4, -0.2) is 27.1 Å². The lowest BCUT2D eigenvalue weighted by Crippen LogP contribution is -1.97. The maximum absolute atomic E-state index is 13.7. The van der Waals surface area contributed by atoms with Crippen LogP contribution in [0.3, 0.4) is 0 Å². The third-order valence-corrected chi connectivity index (χ3v) is 4.04. The second-order valence-electron chi connectivity index (χ2n) is 4.78. The zero-order valence-electron chi connectivity index (χ0n) is 13.4. The summed E-state index contributed by atoms with van der Waals surface area (Å²) in [4.78, 5) is 12.2. The van der Waals surface area contributed by atoms with Crippen LogP contribution in [0.5, 0.6) is 17.2 Å². The number of hydrogen-bond acceptors (Lipinski definition) is 4. The summed E-state index contributed by atoms with van der Waals surface area (Å²) >= 11 is 3.41. The average Bonchev–Trinajstić information content (AvgIpc) is 2.59. The standard InChI is InChI=1S/C18H16BrFO4/c1-22-16-7-5-12(8-14(16)20)15(21)6-4-11-9-17(23-2)18(24-3)10-13(11)19/h4-10H,1-3H3/b6-4-. The summed E-state index contributed by atoms with van der Waals surface area (Å²) in [7, 11) is 4.44. The Labute approximate surface area is 148 Å². The average molecular weight is 395 g/mol. The Balaban J connectivity index is 2.27. The highest BCUT2D eigenvalue weighted by molar-refractivity contribution is 9.10. The van der Waals surface area contributed by atoms with Crippen molar-refractivity contribution in [1.29, 1.82) is 0 Å². The lowest BCUT2D eigenvalue weighted by molar-refractivity contribution is 0.104. The zero-order valence-corrected chi connectivity index (χ0v) is 15.0. The third-order valence-electron chi connectivity index (χ3n) is 3.35. The topological polar surface area (TPSA) is 44.8 Å². The van der Waals surface area contributed by atoms with Gasteiger partial charge in [0.1, 0.15) is 0 Å². The molecule has 2 aromatic carbocycles. The molecule has 0 N–H and O–H groups in total. The van der Waals surface area contributed by atoms with Gasteiger partial charge in [0.05, 0.1) is 21.3 Å². The quantitative estimate of drug-likeness (QED) is 0.533. The Bertz CT molecular complexity index is 787. The summed E-state index contributed by atoms with van der Waals surface area (Å²) in [6, 6.07) is 7.56. The van der Waals surface area contributed by atoms with Crippen LogP contribution in [0.15, 0.2) is 40.9 Å². The van der Waals surface area contributed by atoms with Crippen molar-refractivity contribution >= 4 is 27.8 Å². The van der Waals surface area contributed by atoms with E-state index in [-0.39, 0.29) is 17.1 Å². The molecule has 0 amide bonds. The molecule has 0 atom stereocenters. The van der Waals surface area contributed by atoms with E-state index in [4.69, 9.17) is 14.2 Å². The summed E-state index contributed by atoms with van der Waals surface area (Å²) in [5.74, 6) is 0.314. The monoisotopic (exact) mass is 394 g/mol. The molecule has 0 aliphatic rings. The highest BCUT2D eigenvalue weighted by atomic mass is 79.9. The van der Waals surface area contributed by atoms with E-state index in [2.05, 4.69) is 15.9 Å². The molecule has 0 unspecified atom stereocenters. The second kappa shape index (κ2) is 7.97. The van der Waals surface area contributed by atoms with Gasteiger partial charge in [0.2, 0.25) is 0 Å². The number of ether oxygens (including phenoxy) is 3. The van der Waals surface area contributed by atoms with E-state index in [1.807, 2.05) is 0 Å². The number of methoxy groups -OCH3 is 3. The first-order valence-electron chi connectivity index (χ1n) is 6.97. The van der Waals surface area contributed by atoms with Crippen LogP contribution in [-0.2, 0) is 0 Å². The van der Waals surface area contributed by atoms with Gasteiger partial charge in [0, 0.05) is 10.0 Å². The summed E-state index contributed by atoms with van der Waals surface area (Å²) in [6.07, 6.45) is 2.99. The molecule has 2 aromatic rings. The number of hydrogen-bond donors (Lipinski definition) is 0. The van der Waals surface area contributed by atoms with Crippen LogP contribution in [0.2, 0.25) is 0 Å². The number of halogens is 2. The summed E-state index contributed by atoms with van der Waals surface area (Å²) in [5, 5.41) is 0. The van der Waals surface area contributed by atoms with Crippen LogP contribution in [0, 0.1) is 5.82 Å². The van der Waals surface area contributed by atoms with Crippen molar-refractivity contribution in [3.8, 4) is 17.2 Å². The molecular weight excluding hydrogens is 379 g/mol. The highest BCUT2D eigenvalue weighted by Gasteiger charge is 2.10. The minimum atomic E-state index is -0.580. The molecule has 0 heterocycles. The van der Waals surface area contributed by atoms with E-state index in [1.54, 1.807) is 25.3 Å². The number of carbonyl (C=O) groups is 1. The molecule has 2 rings (SSSR count). The van der Waals surface area contributed by atoms with Crippen LogP contribution < -0.4 is 14.2 Å². The predicted octanol–water partition coefficient (Wildman–Crippen LogP) is 4.51. The molecule has 0 aliphatic heterocycles. The fourth-order valence-electron chi connectivity index (χ4n) is 2.08. The van der Waals surface area contributed by atoms with Crippen molar-refractivity contribution in [2.75, 3.05) is 21.3 Å². The number of carbonyl (C=O) groups excluding carboxylic acids is 1. The smallest absolute Gasteiger partial charge is 0.185 e. The molecule has 0 aliphatic carbocycles. The molecule has 4 nitrogen and oxygen atoms in total. The van der Waals surface area contributed by atoms with Crippen LogP contribution >= 0.6 is 15.9 Å². The van der Waals surface area contributed by atoms with E-state index in [0.717, 1.165) is 16.1 Å². The van der Waals surface area contributed by atoms with Gasteiger partial charge in [-0.05, 0) is 48.0 Å². The first kappa shape index (κ1) is 18.0. The summed E-state index contributed by atoms with van der Waals surface area (Å²) in [5.41, 5.74) is 0.969. The second-order valence-corrected chi connectivity index (χ2v) is 5.63. The van der Waals surface area contributed by atoms with E-state index in [1.165, 1.54) is 32.4 Å². The molecular formula is C18H16BrFO4. The molecule has 126 valence electrons. The first-order chi connectivity index (χ1) is 11.5. The van der Waals surface area contributed by atoms with Crippen molar-refractivity contribution in [3.63, 3.8) is 0 Å². The molecule has 24 heavy (non-hydrogen) atoms. The Hall–Kier alpha value is -2.34. The molecule has 0 bridgehead atoms. The maximum Gasteiger partial charge on any atom is 0.185 e. The summed E-state index contributed by atoms with van der Waals surface area (Å²) in [6.45, 7) is 0. The van der Waals surface area contributed by atoms with Crippen molar-refractivity contribution in [2.24, 2.45) is 0 Å². The van der Waals surface area contributed by atoms with Crippen LogP contribution in [0.25, 0.3) is 6.08 Å². The molecule has 0 radical (unpaired) electrons. The Morgan fingerprint density at radius 1 is 1.00 bits per heavy atom. The van der Waals surface area contributed by atoms with Gasteiger partial charge in [-0.3, -0.25) is 4.79 Å². The number of benzene rings is 2. The first-order valence-corrected chi connectivity index (χ1v) is 7.77. The van der Waals surface area contributed by atoms with Gasteiger partial charge < -0.3 is 14.2 Å². The molecule has 0 saturated heterocycles. The Morgan fingerprint density at radius 2 is 1.62 bits per heavy atom. The van der Waals surface area contributed by atoms with Gasteiger partial charge in [0.25, 0.3) is 0 Å². The number of ketones is 1. The molecule has 0 saturated carbocycles. The molecule has 0 spiro atoms. The SMILES string of the molecule is COc1ccc(C(=O)/C=C\c2cc(OC)c(OC)cc2Br)cc1F. The predicted molar refractivity (Wildman–Crippen MR) is 93.6 cm³/mol. The maximum atomic E-state index is 13.7. The lowest BCUT2D eigenvalue weighted by Gasteiger charge is -2.09. The third kappa shape index (κ3) is 3.94. The van der Waals surface area contributed by atoms with E-state index in [0.29, 0.717) is 11.5 Å². The number of rotatable bonds is 6. The zero-order chi connectivity index (χ0) is 17.7. The lowest BCUT2D eigenvalue weighted by atomic mass is 10.1. The highest BCUT2D eigenvalue weighted by Crippen LogP contribution is 2.34. The largest absolute Gasteiger partial charge is 0.494 e. The van der Waals surface area contributed by atoms with Gasteiger partial charge in [-0.25, -0.2) is 4.39 Å². The van der Waals surface area contributed by atoms with Crippen LogP contribution in [0.4, 0.5) is 4.39 Å². The Morgan fingerprint density at radius 3 is 2.21 bits per heavy atom. The summed E-state index contributed by atoms with van der Waals surface area (Å²) < 4.78 is 29.7. The normalized spacial score (nSPS) is 10.7. The molecule has 6 heteroatoms. The van der Waals surface area contributed by atoms with Crippen molar-refractivity contribution < 1.29 is 23.4 Å². The minimum absolute atomic E-state index is 0.0955. The van der Waals surface area contributed by atoms with E-state index in [9.17, 15) is 9.18 Å². The van der Waals surface area contributed by atoms with Gasteiger partial charge in [-0.1, -0.05) is 15.9 Å². The van der Waals surface area contributed by atoms with Gasteiger partial charge >= 0.3 is 0 Å². The van der Waals surface area contributed by atoms with Crippen molar-refractivity contribution in [1.82, 2.24) is 0 Å². The van der Waals surface area contributed by atoms with E-state index < -0.39 is 5.82 Å². The van der Waals surface area contributed by atoms with Gasteiger partial charge in [-0.2, -0.15) is 0 Å². The van der Waals surface area contributed by atoms with Gasteiger partial charge in [0.15, 0.2) is 28.8 Å². The van der Waals surface area contributed by atoms with Crippen molar-refractivity contribution in [2.45, 2.75) is 0 Å². The minimum Gasteiger partial charge on any atom is -0.494 e. The fraction of sp³-hybridized carbons (Fsp3) is 0.167. The molecule has 0 fully saturated rings. The van der Waals surface area contributed by atoms with E-state index >= 15 is 0 Å². The van der Waals surface area contributed by atoms with Gasteiger partial charge in [-0.15, -0.1) is 0 Å². The Kier molecular flexibility index (Phi) is 5.98.